The Morgan fingerprint density at radius 2 is 2.05 bits per heavy atom. The third kappa shape index (κ3) is 4.23. The van der Waals surface area contributed by atoms with Crippen molar-refractivity contribution in [3.63, 3.8) is 0 Å². The first-order valence-electron chi connectivity index (χ1n) is 7.11. The van der Waals surface area contributed by atoms with Gasteiger partial charge < -0.3 is 10.1 Å². The normalized spacial score (nSPS) is 21.9. The van der Waals surface area contributed by atoms with Crippen molar-refractivity contribution in [2.45, 2.75) is 26.0 Å². The highest BCUT2D eigenvalue weighted by Gasteiger charge is 2.20. The van der Waals surface area contributed by atoms with Crippen LogP contribution in [-0.4, -0.2) is 43.8 Å². The van der Waals surface area contributed by atoms with Crippen LogP contribution >= 0.6 is 0 Å². The average Bonchev–Trinajstić information content (AvgIpc) is 2.44. The Hall–Kier alpha value is -1.04. The number of nitrogens with one attached hydrogen (secondary N) is 1. The summed E-state index contributed by atoms with van der Waals surface area (Å²) in [6, 6.07) is 3.50. The molecule has 0 radical (unpaired) electrons. The maximum Gasteiger partial charge on any atom is 0.126 e. The van der Waals surface area contributed by atoms with E-state index in [0.29, 0.717) is 12.1 Å². The summed E-state index contributed by atoms with van der Waals surface area (Å²) in [6.45, 7) is 8.33. The van der Waals surface area contributed by atoms with E-state index in [4.69, 9.17) is 4.74 Å². The van der Waals surface area contributed by atoms with Crippen LogP contribution in [0.15, 0.2) is 18.2 Å². The molecule has 0 amide bonds. The minimum Gasteiger partial charge on any atom is -0.374 e. The first kappa shape index (κ1) is 15.4. The monoisotopic (exact) mass is 284 g/mol. The van der Waals surface area contributed by atoms with Crippen molar-refractivity contribution in [2.24, 2.45) is 0 Å². The van der Waals surface area contributed by atoms with Crippen LogP contribution in [0.2, 0.25) is 0 Å². The van der Waals surface area contributed by atoms with Gasteiger partial charge in [0.1, 0.15) is 11.6 Å². The van der Waals surface area contributed by atoms with Crippen LogP contribution in [0.3, 0.4) is 0 Å². The summed E-state index contributed by atoms with van der Waals surface area (Å²) < 4.78 is 32.1. The van der Waals surface area contributed by atoms with E-state index in [9.17, 15) is 8.78 Å². The van der Waals surface area contributed by atoms with Gasteiger partial charge in [-0.25, -0.2) is 8.78 Å². The van der Waals surface area contributed by atoms with E-state index in [0.717, 1.165) is 32.3 Å². The van der Waals surface area contributed by atoms with E-state index in [1.807, 2.05) is 6.92 Å². The molecule has 1 aromatic carbocycles. The molecule has 1 aliphatic rings. The molecular weight excluding hydrogens is 262 g/mol. The zero-order valence-electron chi connectivity index (χ0n) is 12.0. The van der Waals surface area contributed by atoms with Gasteiger partial charge in [0.15, 0.2) is 0 Å². The van der Waals surface area contributed by atoms with Gasteiger partial charge in [-0.15, -0.1) is 0 Å². The van der Waals surface area contributed by atoms with Gasteiger partial charge in [-0.3, -0.25) is 4.90 Å². The Labute approximate surface area is 118 Å². The van der Waals surface area contributed by atoms with Gasteiger partial charge in [-0.2, -0.15) is 0 Å². The first-order chi connectivity index (χ1) is 9.58. The number of hydrogen-bond donors (Lipinski definition) is 1. The molecule has 1 fully saturated rings. The highest BCUT2D eigenvalue weighted by molar-refractivity contribution is 5.20. The second kappa shape index (κ2) is 7.11. The van der Waals surface area contributed by atoms with Crippen LogP contribution in [0.5, 0.6) is 0 Å². The molecule has 5 heteroatoms. The standard InChI is InChI=1S/C15H22F2N2O/c1-3-19-4-5-20-15(10-19)9-18-11(2)12-6-13(16)8-14(17)7-12/h6-8,11,15,18H,3-5,9-10H2,1-2H3. The second-order valence-electron chi connectivity index (χ2n) is 5.22. The molecule has 112 valence electrons. The number of benzene rings is 1. The van der Waals surface area contributed by atoms with Crippen molar-refractivity contribution in [3.05, 3.63) is 35.4 Å². The third-order valence-corrected chi connectivity index (χ3v) is 3.71. The molecule has 2 rings (SSSR count). The molecule has 1 saturated heterocycles. The number of likely N-dealkylation sites (N-methyl/N-ethyl adjacent to an activating group) is 1. The van der Waals surface area contributed by atoms with Crippen molar-refractivity contribution < 1.29 is 13.5 Å². The lowest BCUT2D eigenvalue weighted by molar-refractivity contribution is -0.0262. The second-order valence-corrected chi connectivity index (χ2v) is 5.22. The summed E-state index contributed by atoms with van der Waals surface area (Å²) in [5.74, 6) is -1.08. The zero-order valence-corrected chi connectivity index (χ0v) is 12.0. The predicted molar refractivity (Wildman–Crippen MR) is 74.6 cm³/mol. The van der Waals surface area contributed by atoms with Gasteiger partial charge in [0.2, 0.25) is 0 Å². The highest BCUT2D eigenvalue weighted by Crippen LogP contribution is 2.16. The fraction of sp³-hybridized carbons (Fsp3) is 0.600. The Morgan fingerprint density at radius 1 is 1.35 bits per heavy atom. The van der Waals surface area contributed by atoms with E-state index in [2.05, 4.69) is 17.1 Å². The number of rotatable bonds is 5. The predicted octanol–water partition coefficient (Wildman–Crippen LogP) is 2.34. The largest absolute Gasteiger partial charge is 0.374 e. The minimum absolute atomic E-state index is 0.110. The van der Waals surface area contributed by atoms with Crippen molar-refractivity contribution in [1.82, 2.24) is 10.2 Å². The van der Waals surface area contributed by atoms with E-state index in [-0.39, 0.29) is 12.1 Å². The quantitative estimate of drug-likeness (QED) is 0.898. The van der Waals surface area contributed by atoms with Crippen LogP contribution in [0.1, 0.15) is 25.5 Å². The summed E-state index contributed by atoms with van der Waals surface area (Å²) in [5.41, 5.74) is 0.616. The summed E-state index contributed by atoms with van der Waals surface area (Å²) in [7, 11) is 0. The number of ether oxygens (including phenoxy) is 1. The Balaban J connectivity index is 1.86. The minimum atomic E-state index is -0.542. The number of morpholine rings is 1. The van der Waals surface area contributed by atoms with Crippen molar-refractivity contribution in [3.8, 4) is 0 Å². The summed E-state index contributed by atoms with van der Waals surface area (Å²) in [6.07, 6.45) is 0.129. The number of nitrogens with zero attached hydrogens (tertiary/aromatic N) is 1. The Morgan fingerprint density at radius 3 is 2.70 bits per heavy atom. The molecule has 2 unspecified atom stereocenters. The molecule has 0 saturated carbocycles. The topological polar surface area (TPSA) is 24.5 Å². The summed E-state index contributed by atoms with van der Waals surface area (Å²) >= 11 is 0. The lowest BCUT2D eigenvalue weighted by Crippen LogP contribution is -2.46. The van der Waals surface area contributed by atoms with Gasteiger partial charge in [0.25, 0.3) is 0 Å². The molecule has 2 atom stereocenters. The molecule has 20 heavy (non-hydrogen) atoms. The number of hydrogen-bond acceptors (Lipinski definition) is 3. The fourth-order valence-electron chi connectivity index (χ4n) is 2.44. The molecule has 0 bridgehead atoms. The van der Waals surface area contributed by atoms with Gasteiger partial charge in [-0.05, 0) is 31.2 Å². The van der Waals surface area contributed by atoms with E-state index < -0.39 is 11.6 Å². The first-order valence-corrected chi connectivity index (χ1v) is 7.11. The zero-order chi connectivity index (χ0) is 14.5. The SMILES string of the molecule is CCN1CCOC(CNC(C)c2cc(F)cc(F)c2)C1. The lowest BCUT2D eigenvalue weighted by atomic mass is 10.1. The van der Waals surface area contributed by atoms with E-state index >= 15 is 0 Å². The van der Waals surface area contributed by atoms with Crippen molar-refractivity contribution in [1.29, 1.82) is 0 Å². The van der Waals surface area contributed by atoms with Crippen LogP contribution in [0.25, 0.3) is 0 Å². The van der Waals surface area contributed by atoms with Crippen molar-refractivity contribution in [2.75, 3.05) is 32.8 Å². The summed E-state index contributed by atoms with van der Waals surface area (Å²) in [5, 5.41) is 3.28. The molecule has 1 N–H and O–H groups in total. The van der Waals surface area contributed by atoms with Crippen molar-refractivity contribution >= 4 is 0 Å². The van der Waals surface area contributed by atoms with Crippen LogP contribution < -0.4 is 5.32 Å². The average molecular weight is 284 g/mol. The fourth-order valence-corrected chi connectivity index (χ4v) is 2.44. The maximum absolute atomic E-state index is 13.2. The lowest BCUT2D eigenvalue weighted by Gasteiger charge is -2.32. The third-order valence-electron chi connectivity index (χ3n) is 3.71. The van der Waals surface area contributed by atoms with Crippen LogP contribution in [-0.2, 0) is 4.74 Å². The molecule has 0 spiro atoms. The van der Waals surface area contributed by atoms with E-state index in [1.165, 1.54) is 12.1 Å². The molecular formula is C15H22F2N2O. The highest BCUT2D eigenvalue weighted by atomic mass is 19.1. The maximum atomic E-state index is 13.2. The molecule has 1 aliphatic heterocycles. The van der Waals surface area contributed by atoms with Gasteiger partial charge in [-0.1, -0.05) is 6.92 Å². The Bertz CT molecular complexity index is 422. The van der Waals surface area contributed by atoms with Crippen LogP contribution in [0.4, 0.5) is 8.78 Å². The Kier molecular flexibility index (Phi) is 5.46. The smallest absolute Gasteiger partial charge is 0.126 e. The molecule has 1 aromatic rings. The van der Waals surface area contributed by atoms with E-state index in [1.54, 1.807) is 0 Å². The van der Waals surface area contributed by atoms with Crippen LogP contribution in [0, 0.1) is 11.6 Å². The molecule has 3 nitrogen and oxygen atoms in total. The van der Waals surface area contributed by atoms with Gasteiger partial charge in [0, 0.05) is 31.7 Å². The number of halogens is 2. The van der Waals surface area contributed by atoms with Gasteiger partial charge in [0.05, 0.1) is 12.7 Å². The molecule has 0 aliphatic carbocycles. The molecule has 0 aromatic heterocycles. The van der Waals surface area contributed by atoms with Gasteiger partial charge >= 0.3 is 0 Å². The summed E-state index contributed by atoms with van der Waals surface area (Å²) in [4.78, 5) is 2.34. The molecule has 1 heterocycles.